The number of carbonyl (C=O) groups is 1. The van der Waals surface area contributed by atoms with Gasteiger partial charge in [-0.1, -0.05) is 12.1 Å². The molecule has 3 aromatic rings. The quantitative estimate of drug-likeness (QED) is 0.245. The molecule has 0 fully saturated rings. The number of aromatic nitrogens is 3. The van der Waals surface area contributed by atoms with Gasteiger partial charge < -0.3 is 9.87 Å². The SMILES string of the molecule is N#CC(C#N)=Cc1c(NC(=O)c2ccccc2S(=O)(=O)[O-])[nH]n(-c2ccncc2)c1=O.[K+]. The number of nitrogens with zero attached hydrogens (tertiary/aromatic N) is 4. The molecule has 1 aromatic carbocycles. The summed E-state index contributed by atoms with van der Waals surface area (Å²) < 4.78 is 35.4. The van der Waals surface area contributed by atoms with Crippen LogP contribution in [0.2, 0.25) is 0 Å². The average molecular weight is 474 g/mol. The molecule has 0 bridgehead atoms. The maximum Gasteiger partial charge on any atom is 1.00 e. The number of carbonyl (C=O) groups excluding carboxylic acids is 1. The fraction of sp³-hybridized carbons (Fsp3) is 0. The minimum absolute atomic E-state index is 0. The van der Waals surface area contributed by atoms with Gasteiger partial charge in [-0.3, -0.25) is 19.7 Å². The van der Waals surface area contributed by atoms with Crippen molar-refractivity contribution in [2.45, 2.75) is 4.90 Å². The molecule has 2 aromatic heterocycles. The summed E-state index contributed by atoms with van der Waals surface area (Å²) in [5.41, 5.74) is -1.44. The summed E-state index contributed by atoms with van der Waals surface area (Å²) in [7, 11) is -4.95. The van der Waals surface area contributed by atoms with Crippen molar-refractivity contribution < 1.29 is 69.1 Å². The Morgan fingerprint density at radius 1 is 1.16 bits per heavy atom. The van der Waals surface area contributed by atoms with Gasteiger partial charge in [-0.2, -0.15) is 10.5 Å². The number of benzene rings is 1. The summed E-state index contributed by atoms with van der Waals surface area (Å²) >= 11 is 0. The van der Waals surface area contributed by atoms with Crippen molar-refractivity contribution in [2.24, 2.45) is 0 Å². The van der Waals surface area contributed by atoms with Crippen molar-refractivity contribution in [3.63, 3.8) is 0 Å². The largest absolute Gasteiger partial charge is 1.00 e. The Morgan fingerprint density at radius 2 is 1.78 bits per heavy atom. The Morgan fingerprint density at radius 3 is 2.38 bits per heavy atom. The molecule has 0 aliphatic heterocycles. The standard InChI is InChI=1S/C19H12N6O5S.K/c20-10-12(11-21)9-15-17(24-25(19(15)27)13-5-7-22-8-6-13)23-18(26)14-3-1-2-4-16(14)31(28,29)30;/h1-9,24H,(H,23,26)(H,28,29,30);/q;+1/p-1. The van der Waals surface area contributed by atoms with Crippen LogP contribution < -0.4 is 62.3 Å². The molecule has 13 heteroatoms. The van der Waals surface area contributed by atoms with Crippen LogP contribution in [0.1, 0.15) is 15.9 Å². The van der Waals surface area contributed by atoms with E-state index in [0.717, 1.165) is 22.9 Å². The van der Waals surface area contributed by atoms with Gasteiger partial charge in [0.2, 0.25) is 0 Å². The molecular weight excluding hydrogens is 463 g/mol. The van der Waals surface area contributed by atoms with Gasteiger partial charge in [0.15, 0.2) is 0 Å². The third-order valence-corrected chi connectivity index (χ3v) is 4.91. The normalized spacial score (nSPS) is 10.2. The van der Waals surface area contributed by atoms with Crippen LogP contribution >= 0.6 is 0 Å². The molecule has 2 N–H and O–H groups in total. The number of pyridine rings is 1. The van der Waals surface area contributed by atoms with E-state index in [1.807, 2.05) is 0 Å². The average Bonchev–Trinajstić information content (AvgIpc) is 3.06. The Kier molecular flexibility index (Phi) is 8.42. The Bertz CT molecular complexity index is 1430. The molecule has 2 heterocycles. The summed E-state index contributed by atoms with van der Waals surface area (Å²) in [6.45, 7) is 0. The predicted molar refractivity (Wildman–Crippen MR) is 106 cm³/mol. The Hall–Kier alpha value is -2.88. The second-order valence-electron chi connectivity index (χ2n) is 5.93. The van der Waals surface area contributed by atoms with Crippen molar-refractivity contribution in [1.29, 1.82) is 10.5 Å². The third-order valence-electron chi connectivity index (χ3n) is 4.02. The summed E-state index contributed by atoms with van der Waals surface area (Å²) in [6.07, 6.45) is 3.81. The Balaban J connectivity index is 0.00000363. The van der Waals surface area contributed by atoms with Crippen molar-refractivity contribution >= 4 is 27.9 Å². The van der Waals surface area contributed by atoms with E-state index in [9.17, 15) is 22.6 Å². The zero-order chi connectivity index (χ0) is 22.6. The van der Waals surface area contributed by atoms with Crippen LogP contribution in [0.25, 0.3) is 11.8 Å². The van der Waals surface area contributed by atoms with E-state index in [2.05, 4.69) is 15.4 Å². The van der Waals surface area contributed by atoms with E-state index >= 15 is 0 Å². The first-order valence-corrected chi connectivity index (χ1v) is 9.80. The van der Waals surface area contributed by atoms with Crippen LogP contribution in [0.15, 0.2) is 64.1 Å². The molecule has 0 unspecified atom stereocenters. The van der Waals surface area contributed by atoms with E-state index in [1.54, 1.807) is 12.1 Å². The first-order valence-electron chi connectivity index (χ1n) is 8.40. The first-order chi connectivity index (χ1) is 14.8. The van der Waals surface area contributed by atoms with Crippen molar-refractivity contribution in [2.75, 3.05) is 5.32 Å². The topological polar surface area (TPSA) is 185 Å². The summed E-state index contributed by atoms with van der Waals surface area (Å²) in [4.78, 5) is 28.7. The van der Waals surface area contributed by atoms with Gasteiger partial charge in [0, 0.05) is 12.4 Å². The van der Waals surface area contributed by atoms with Crippen LogP contribution in [0.3, 0.4) is 0 Å². The van der Waals surface area contributed by atoms with Crippen LogP contribution in [-0.2, 0) is 10.1 Å². The minimum Gasteiger partial charge on any atom is -0.744 e. The number of rotatable bonds is 5. The molecule has 1 amide bonds. The third kappa shape index (κ3) is 5.48. The minimum atomic E-state index is -4.95. The number of amides is 1. The first kappa shape index (κ1) is 25.4. The molecule has 11 nitrogen and oxygen atoms in total. The van der Waals surface area contributed by atoms with Crippen molar-refractivity contribution in [1.82, 2.24) is 14.8 Å². The molecule has 0 spiro atoms. The van der Waals surface area contributed by atoms with Crippen LogP contribution in [-0.4, -0.2) is 33.6 Å². The fourth-order valence-electron chi connectivity index (χ4n) is 2.64. The molecule has 3 rings (SSSR count). The number of anilines is 1. The van der Waals surface area contributed by atoms with Gasteiger partial charge in [-0.05, 0) is 30.3 Å². The molecule has 0 saturated heterocycles. The van der Waals surface area contributed by atoms with Gasteiger partial charge in [0.1, 0.15) is 33.6 Å². The van der Waals surface area contributed by atoms with E-state index < -0.39 is 37.6 Å². The zero-order valence-corrected chi connectivity index (χ0v) is 20.4. The van der Waals surface area contributed by atoms with Crippen molar-refractivity contribution in [3.05, 3.63) is 75.8 Å². The molecule has 0 aliphatic rings. The Labute approximate surface area is 224 Å². The van der Waals surface area contributed by atoms with Crippen molar-refractivity contribution in [3.8, 4) is 17.8 Å². The van der Waals surface area contributed by atoms with Gasteiger partial charge in [0.25, 0.3) is 11.5 Å². The van der Waals surface area contributed by atoms with E-state index in [1.165, 1.54) is 36.7 Å². The predicted octanol–water partition coefficient (Wildman–Crippen LogP) is -1.85. The second-order valence-corrected chi connectivity index (χ2v) is 7.28. The molecule has 0 radical (unpaired) electrons. The second kappa shape index (κ2) is 10.6. The number of aromatic amines is 1. The van der Waals surface area contributed by atoms with Crippen LogP contribution in [0.5, 0.6) is 0 Å². The van der Waals surface area contributed by atoms with Gasteiger partial charge in [-0.15, -0.1) is 0 Å². The molecule has 154 valence electrons. The van der Waals surface area contributed by atoms with E-state index in [0.29, 0.717) is 5.69 Å². The molecule has 0 aliphatic carbocycles. The fourth-order valence-corrected chi connectivity index (χ4v) is 3.32. The van der Waals surface area contributed by atoms with Gasteiger partial charge in [-0.25, -0.2) is 13.1 Å². The maximum atomic E-state index is 12.9. The van der Waals surface area contributed by atoms with E-state index in [4.69, 9.17) is 10.5 Å². The summed E-state index contributed by atoms with van der Waals surface area (Å²) in [6, 6.07) is 11.0. The smallest absolute Gasteiger partial charge is 0.744 e. The van der Waals surface area contributed by atoms with Gasteiger partial charge in [0.05, 0.1) is 21.7 Å². The number of nitrogens with one attached hydrogen (secondary N) is 2. The van der Waals surface area contributed by atoms with E-state index in [-0.39, 0.29) is 62.8 Å². The maximum absolute atomic E-state index is 12.9. The van der Waals surface area contributed by atoms with Gasteiger partial charge >= 0.3 is 51.4 Å². The summed E-state index contributed by atoms with van der Waals surface area (Å²) in [5, 5.41) is 23.0. The number of allylic oxidation sites excluding steroid dienone is 1. The van der Waals surface area contributed by atoms with Crippen LogP contribution in [0.4, 0.5) is 5.82 Å². The summed E-state index contributed by atoms with van der Waals surface area (Å²) in [5.74, 6) is -1.21. The molecule has 0 saturated carbocycles. The number of hydrogen-bond acceptors (Lipinski definition) is 8. The molecule has 0 atom stereocenters. The zero-order valence-electron chi connectivity index (χ0n) is 16.4. The molecule has 32 heavy (non-hydrogen) atoms. The monoisotopic (exact) mass is 474 g/mol. The molecular formula is C19H11KN6O5S. The number of H-pyrrole nitrogens is 1. The number of hydrogen-bond donors (Lipinski definition) is 2. The van der Waals surface area contributed by atoms with Crippen LogP contribution in [0, 0.1) is 22.7 Å². The number of nitriles is 2.